The number of anilines is 1. The zero-order valence-electron chi connectivity index (χ0n) is 17.2. The van der Waals surface area contributed by atoms with Crippen molar-refractivity contribution in [1.29, 1.82) is 0 Å². The zero-order valence-corrected chi connectivity index (χ0v) is 17.2. The third-order valence-corrected chi connectivity index (χ3v) is 6.21. The number of halogens is 1. The molecule has 2 amide bonds. The van der Waals surface area contributed by atoms with E-state index in [0.717, 1.165) is 12.0 Å². The van der Waals surface area contributed by atoms with Gasteiger partial charge in [-0.15, -0.1) is 0 Å². The van der Waals surface area contributed by atoms with Crippen LogP contribution in [-0.2, 0) is 16.0 Å². The average molecular weight is 427 g/mol. The second-order valence-electron chi connectivity index (χ2n) is 8.38. The quantitative estimate of drug-likeness (QED) is 0.738. The largest absolute Gasteiger partial charge is 0.396 e. The van der Waals surface area contributed by atoms with Gasteiger partial charge in [0.15, 0.2) is 0 Å². The van der Waals surface area contributed by atoms with Crippen LogP contribution in [0.2, 0.25) is 0 Å². The number of benzene rings is 1. The first-order valence-electron chi connectivity index (χ1n) is 10.5. The van der Waals surface area contributed by atoms with Gasteiger partial charge in [0.1, 0.15) is 5.82 Å². The van der Waals surface area contributed by atoms with Crippen LogP contribution in [0.3, 0.4) is 0 Å². The number of rotatable bonds is 6. The molecule has 164 valence electrons. The molecule has 2 atom stereocenters. The number of nitrogens with one attached hydrogen (secondary N) is 1. The predicted molar refractivity (Wildman–Crippen MR) is 112 cm³/mol. The predicted octanol–water partition coefficient (Wildman–Crippen LogP) is 2.26. The third kappa shape index (κ3) is 4.75. The molecule has 1 aromatic carbocycles. The third-order valence-electron chi connectivity index (χ3n) is 6.21. The summed E-state index contributed by atoms with van der Waals surface area (Å²) in [5.41, 5.74) is 0.904. The van der Waals surface area contributed by atoms with E-state index in [0.29, 0.717) is 32.7 Å². The SMILES string of the molecule is O=C(CCc1cccnc1)Nc1cc(F)cc(C(=O)N2C[C@@H]3CCOC[C@]3(CO)C2)c1. The Morgan fingerprint density at radius 1 is 1.35 bits per heavy atom. The van der Waals surface area contributed by atoms with Crippen LogP contribution in [0.4, 0.5) is 10.1 Å². The fraction of sp³-hybridized carbons (Fsp3) is 0.435. The molecule has 0 spiro atoms. The van der Waals surface area contributed by atoms with Crippen molar-refractivity contribution in [1.82, 2.24) is 9.88 Å². The van der Waals surface area contributed by atoms with E-state index in [9.17, 15) is 19.1 Å². The number of carbonyl (C=O) groups is 2. The highest BCUT2D eigenvalue weighted by Gasteiger charge is 2.49. The van der Waals surface area contributed by atoms with E-state index >= 15 is 0 Å². The van der Waals surface area contributed by atoms with E-state index in [-0.39, 0.29) is 42.0 Å². The second kappa shape index (κ2) is 9.11. The zero-order chi connectivity index (χ0) is 21.8. The Kier molecular flexibility index (Phi) is 6.29. The van der Waals surface area contributed by atoms with Crippen LogP contribution in [0.5, 0.6) is 0 Å². The van der Waals surface area contributed by atoms with E-state index in [2.05, 4.69) is 10.3 Å². The average Bonchev–Trinajstić information content (AvgIpc) is 3.18. The van der Waals surface area contributed by atoms with Gasteiger partial charge in [0.25, 0.3) is 5.91 Å². The first kappa shape index (κ1) is 21.4. The number of amides is 2. The highest BCUT2D eigenvalue weighted by atomic mass is 19.1. The molecule has 8 heteroatoms. The van der Waals surface area contributed by atoms with Crippen molar-refractivity contribution in [2.75, 3.05) is 38.2 Å². The van der Waals surface area contributed by atoms with Gasteiger partial charge in [-0.25, -0.2) is 4.39 Å². The van der Waals surface area contributed by atoms with Gasteiger partial charge in [0, 0.05) is 55.2 Å². The normalized spacial score (nSPS) is 22.8. The summed E-state index contributed by atoms with van der Waals surface area (Å²) in [5.74, 6) is -1.01. The summed E-state index contributed by atoms with van der Waals surface area (Å²) in [6, 6.07) is 7.57. The number of nitrogens with zero attached hydrogens (tertiary/aromatic N) is 2. The van der Waals surface area contributed by atoms with Crippen molar-refractivity contribution >= 4 is 17.5 Å². The minimum Gasteiger partial charge on any atom is -0.396 e. The van der Waals surface area contributed by atoms with Gasteiger partial charge >= 0.3 is 0 Å². The number of hydrogen-bond donors (Lipinski definition) is 2. The molecule has 0 radical (unpaired) electrons. The van der Waals surface area contributed by atoms with E-state index in [4.69, 9.17) is 4.74 Å². The minimum atomic E-state index is -0.592. The fourth-order valence-corrected chi connectivity index (χ4v) is 4.47. The summed E-state index contributed by atoms with van der Waals surface area (Å²) in [6.45, 7) is 1.86. The van der Waals surface area contributed by atoms with Crippen LogP contribution in [0.15, 0.2) is 42.7 Å². The smallest absolute Gasteiger partial charge is 0.254 e. The van der Waals surface area contributed by atoms with Crippen molar-refractivity contribution in [3.8, 4) is 0 Å². The monoisotopic (exact) mass is 427 g/mol. The van der Waals surface area contributed by atoms with Crippen LogP contribution in [0.1, 0.15) is 28.8 Å². The van der Waals surface area contributed by atoms with Crippen LogP contribution in [-0.4, -0.2) is 59.7 Å². The lowest BCUT2D eigenvalue weighted by molar-refractivity contribution is -0.116. The van der Waals surface area contributed by atoms with Crippen LogP contribution < -0.4 is 5.32 Å². The molecule has 4 rings (SSSR count). The van der Waals surface area contributed by atoms with Crippen LogP contribution >= 0.6 is 0 Å². The summed E-state index contributed by atoms with van der Waals surface area (Å²) in [6.07, 6.45) is 4.88. The number of ether oxygens (including phenoxy) is 1. The highest BCUT2D eigenvalue weighted by Crippen LogP contribution is 2.41. The maximum absolute atomic E-state index is 14.2. The van der Waals surface area contributed by atoms with Gasteiger partial charge in [-0.1, -0.05) is 6.07 Å². The van der Waals surface area contributed by atoms with E-state index < -0.39 is 11.2 Å². The highest BCUT2D eigenvalue weighted by molar-refractivity contribution is 5.97. The number of pyridine rings is 1. The lowest BCUT2D eigenvalue weighted by Gasteiger charge is -2.36. The van der Waals surface area contributed by atoms with Gasteiger partial charge < -0.3 is 20.1 Å². The number of likely N-dealkylation sites (tertiary alicyclic amines) is 1. The number of aromatic nitrogens is 1. The molecule has 2 saturated heterocycles. The Morgan fingerprint density at radius 2 is 2.23 bits per heavy atom. The lowest BCUT2D eigenvalue weighted by Crippen LogP contribution is -2.43. The van der Waals surface area contributed by atoms with Crippen LogP contribution in [0.25, 0.3) is 0 Å². The summed E-state index contributed by atoms with van der Waals surface area (Å²) in [5, 5.41) is 12.6. The van der Waals surface area contributed by atoms with E-state index in [1.165, 1.54) is 18.2 Å². The summed E-state index contributed by atoms with van der Waals surface area (Å²) in [7, 11) is 0. The Hall–Kier alpha value is -2.84. The molecule has 0 aliphatic carbocycles. The van der Waals surface area contributed by atoms with Gasteiger partial charge in [-0.05, 0) is 48.6 Å². The summed E-state index contributed by atoms with van der Waals surface area (Å²) in [4.78, 5) is 31.0. The topological polar surface area (TPSA) is 91.8 Å². The van der Waals surface area contributed by atoms with Crippen molar-refractivity contribution < 1.29 is 23.8 Å². The molecular weight excluding hydrogens is 401 g/mol. The molecule has 2 fully saturated rings. The molecule has 0 saturated carbocycles. The van der Waals surface area contributed by atoms with Gasteiger partial charge in [0.2, 0.25) is 5.91 Å². The van der Waals surface area contributed by atoms with Crippen molar-refractivity contribution in [3.05, 3.63) is 59.7 Å². The Morgan fingerprint density at radius 3 is 2.97 bits per heavy atom. The van der Waals surface area contributed by atoms with Gasteiger partial charge in [0.05, 0.1) is 13.2 Å². The van der Waals surface area contributed by atoms with Crippen molar-refractivity contribution in [3.63, 3.8) is 0 Å². The first-order chi connectivity index (χ1) is 15.0. The Balaban J connectivity index is 1.42. The lowest BCUT2D eigenvalue weighted by atomic mass is 9.76. The van der Waals surface area contributed by atoms with Crippen LogP contribution in [0, 0.1) is 17.2 Å². The van der Waals surface area contributed by atoms with Crippen molar-refractivity contribution in [2.24, 2.45) is 11.3 Å². The number of aliphatic hydroxyl groups excluding tert-OH is 1. The Labute approximate surface area is 180 Å². The first-order valence-corrected chi connectivity index (χ1v) is 10.5. The number of hydrogen-bond acceptors (Lipinski definition) is 5. The minimum absolute atomic E-state index is 0.0527. The molecule has 3 heterocycles. The van der Waals surface area contributed by atoms with Gasteiger partial charge in [-0.3, -0.25) is 14.6 Å². The second-order valence-corrected chi connectivity index (χ2v) is 8.38. The molecule has 2 aliphatic heterocycles. The molecule has 1 aromatic heterocycles. The Bertz CT molecular complexity index is 955. The number of aliphatic hydroxyl groups is 1. The van der Waals surface area contributed by atoms with E-state index in [1.807, 2.05) is 6.07 Å². The molecule has 0 unspecified atom stereocenters. The summed E-state index contributed by atoms with van der Waals surface area (Å²) < 4.78 is 19.8. The summed E-state index contributed by atoms with van der Waals surface area (Å²) >= 11 is 0. The maximum atomic E-state index is 14.2. The van der Waals surface area contributed by atoms with Crippen molar-refractivity contribution in [2.45, 2.75) is 19.3 Å². The van der Waals surface area contributed by atoms with E-state index in [1.54, 1.807) is 23.4 Å². The molecule has 2 N–H and O–H groups in total. The molecule has 0 bridgehead atoms. The fourth-order valence-electron chi connectivity index (χ4n) is 4.47. The molecular formula is C23H26FN3O4. The molecule has 31 heavy (non-hydrogen) atoms. The number of carbonyl (C=O) groups excluding carboxylic acids is 2. The van der Waals surface area contributed by atoms with Gasteiger partial charge in [-0.2, -0.15) is 0 Å². The maximum Gasteiger partial charge on any atom is 0.254 e. The number of fused-ring (bicyclic) bond motifs is 1. The molecule has 2 aromatic rings. The molecule has 7 nitrogen and oxygen atoms in total. The molecule has 2 aliphatic rings. The standard InChI is InChI=1S/C23H26FN3O4/c24-19-8-17(22(30)27-12-18-5-7-31-15-23(18,13-27)14-28)9-20(10-19)26-21(29)4-3-16-2-1-6-25-11-16/h1-2,6,8-11,18,28H,3-5,7,12-15H2,(H,26,29)/t18-,23+/m0/s1. The number of aryl methyl sites for hydroxylation is 1.